The van der Waals surface area contributed by atoms with Crippen molar-refractivity contribution in [1.82, 2.24) is 0 Å². The molecule has 0 radical (unpaired) electrons. The molecule has 4 rings (SSSR count). The topological polar surface area (TPSA) is 78.9 Å². The van der Waals surface area contributed by atoms with Crippen LogP contribution >= 0.6 is 23.2 Å². The van der Waals surface area contributed by atoms with Gasteiger partial charge in [0.15, 0.2) is 6.04 Å². The highest BCUT2D eigenvalue weighted by Gasteiger charge is 2.57. The average Bonchev–Trinajstić information content (AvgIpc) is 2.99. The van der Waals surface area contributed by atoms with Crippen LogP contribution in [0.4, 0.5) is 5.69 Å². The lowest BCUT2D eigenvalue weighted by molar-refractivity contribution is -0.370. The summed E-state index contributed by atoms with van der Waals surface area (Å²) in [6.07, 6.45) is 0. The predicted octanol–water partition coefficient (Wildman–Crippen LogP) is 6.85. The van der Waals surface area contributed by atoms with Gasteiger partial charge in [0.25, 0.3) is 0 Å². The number of benzene rings is 4. The Kier molecular flexibility index (Phi) is 10.8. The summed E-state index contributed by atoms with van der Waals surface area (Å²) in [4.78, 5) is 30.0. The van der Waals surface area contributed by atoms with Gasteiger partial charge in [0.1, 0.15) is 34.1 Å². The van der Waals surface area contributed by atoms with E-state index in [0.717, 1.165) is 20.4 Å². The highest BCUT2D eigenvalue weighted by Crippen LogP contribution is 2.65. The molecule has 0 heterocycles. The Labute approximate surface area is 281 Å². The summed E-state index contributed by atoms with van der Waals surface area (Å²) in [7, 11) is -3.27. The van der Waals surface area contributed by atoms with Gasteiger partial charge < -0.3 is 14.6 Å². The number of anilines is 1. The van der Waals surface area contributed by atoms with Gasteiger partial charge in [-0.05, 0) is 81.4 Å². The monoisotopic (exact) mass is 701 g/mol. The molecular weight excluding hydrogens is 661 g/mol. The molecular formula is C38H41BrNO5P. The molecule has 8 heteroatoms. The highest BCUT2D eigenvalue weighted by atomic mass is 79.9. The van der Waals surface area contributed by atoms with Gasteiger partial charge in [0.05, 0.1) is 5.95 Å². The van der Waals surface area contributed by atoms with E-state index in [1.165, 1.54) is 11.8 Å². The molecule has 240 valence electrons. The zero-order valence-corrected chi connectivity index (χ0v) is 29.8. The molecule has 1 atom stereocenters. The summed E-state index contributed by atoms with van der Waals surface area (Å²) in [5.74, 6) is -1.86. The molecule has 6 nitrogen and oxygen atoms in total. The Morgan fingerprint density at radius 2 is 1.07 bits per heavy atom. The summed E-state index contributed by atoms with van der Waals surface area (Å²) in [6.45, 7) is 12.0. The number of carbonyl (C=O) groups is 2. The third-order valence-electron chi connectivity index (χ3n) is 6.99. The molecule has 4 aromatic rings. The molecule has 4 aromatic carbocycles. The molecule has 0 fully saturated rings. The van der Waals surface area contributed by atoms with Crippen molar-refractivity contribution in [3.8, 4) is 0 Å². The lowest BCUT2D eigenvalue weighted by atomic mass is 10.1. The van der Waals surface area contributed by atoms with E-state index >= 15 is 5.11 Å². The molecule has 1 unspecified atom stereocenters. The van der Waals surface area contributed by atoms with Gasteiger partial charge in [0.2, 0.25) is 5.91 Å². The largest absolute Gasteiger partial charge is 0.605 e. The standard InChI is InChI=1S/C38H41BrNO5P/c1-27(41)40(29-25-23-28(39)24-26-29)33(35(42)44-37(2,3)4)34(36(43)45-38(5,6)7)46(30-17-11-8-12-18-30,31-19-13-9-14-20-31)32-21-15-10-16-22-32/h8-26,33H,1-7H3/b36-34+. The lowest BCUT2D eigenvalue weighted by Crippen LogP contribution is -2.52. The lowest BCUT2D eigenvalue weighted by Gasteiger charge is -2.41. The second kappa shape index (κ2) is 14.2. The number of esters is 1. The number of hydrogen-bond acceptors (Lipinski definition) is 5. The Morgan fingerprint density at radius 1 is 0.674 bits per heavy atom. The van der Waals surface area contributed by atoms with E-state index in [-0.39, 0.29) is 5.31 Å². The maximum absolute atomic E-state index is 15.1. The second-order valence-electron chi connectivity index (χ2n) is 12.9. The molecule has 46 heavy (non-hydrogen) atoms. The second-order valence-corrected chi connectivity index (χ2v) is 17.2. The van der Waals surface area contributed by atoms with E-state index in [9.17, 15) is 9.59 Å². The number of halogens is 1. The molecule has 0 aliphatic heterocycles. The fourth-order valence-electron chi connectivity index (χ4n) is 5.39. The van der Waals surface area contributed by atoms with E-state index in [1.54, 1.807) is 65.8 Å². The van der Waals surface area contributed by atoms with Crippen molar-refractivity contribution in [2.24, 2.45) is 0 Å². The van der Waals surface area contributed by atoms with Crippen molar-refractivity contribution in [1.29, 1.82) is 0 Å². The number of amides is 1. The van der Waals surface area contributed by atoms with Crippen molar-refractivity contribution in [2.45, 2.75) is 65.7 Å². The third-order valence-corrected chi connectivity index (χ3v) is 11.9. The Bertz CT molecular complexity index is 1570. The van der Waals surface area contributed by atoms with Gasteiger partial charge in [-0.15, -0.1) is 0 Å². The van der Waals surface area contributed by atoms with Crippen LogP contribution in [0.1, 0.15) is 48.5 Å². The summed E-state index contributed by atoms with van der Waals surface area (Å²) in [5, 5.41) is 17.7. The van der Waals surface area contributed by atoms with Crippen molar-refractivity contribution >= 4 is 56.7 Å². The molecule has 0 saturated carbocycles. The summed E-state index contributed by atoms with van der Waals surface area (Å²) >= 11 is 3.48. The molecule has 0 aliphatic carbocycles. The average molecular weight is 703 g/mol. The van der Waals surface area contributed by atoms with Crippen LogP contribution in [0.3, 0.4) is 0 Å². The van der Waals surface area contributed by atoms with Crippen molar-refractivity contribution < 1.29 is 24.2 Å². The summed E-state index contributed by atoms with van der Waals surface area (Å²) in [6, 6.07) is 34.7. The molecule has 0 aliphatic rings. The molecule has 0 saturated heterocycles. The number of carbonyl (C=O) groups excluding carboxylic acids is 2. The quantitative estimate of drug-likeness (QED) is 0.108. The highest BCUT2D eigenvalue weighted by molar-refractivity contribution is 9.10. The van der Waals surface area contributed by atoms with Gasteiger partial charge in [-0.2, -0.15) is 0 Å². The number of hydrogen-bond donors (Lipinski definition) is 0. The van der Waals surface area contributed by atoms with Crippen LogP contribution in [-0.2, 0) is 19.1 Å². The predicted molar refractivity (Wildman–Crippen MR) is 190 cm³/mol. The first-order valence-electron chi connectivity index (χ1n) is 15.1. The van der Waals surface area contributed by atoms with E-state index < -0.39 is 42.3 Å². The zero-order chi connectivity index (χ0) is 33.7. The fraction of sp³-hybridized carbons (Fsp3) is 0.263. The van der Waals surface area contributed by atoms with E-state index in [2.05, 4.69) is 15.9 Å². The van der Waals surface area contributed by atoms with E-state index in [0.29, 0.717) is 5.69 Å². The van der Waals surface area contributed by atoms with Crippen LogP contribution in [0.2, 0.25) is 0 Å². The Hall–Kier alpha value is -3.93. The van der Waals surface area contributed by atoms with Crippen LogP contribution in [0.25, 0.3) is 0 Å². The van der Waals surface area contributed by atoms with Gasteiger partial charge in [-0.3, -0.25) is 9.69 Å². The van der Waals surface area contributed by atoms with E-state index in [4.69, 9.17) is 9.47 Å². The van der Waals surface area contributed by atoms with Gasteiger partial charge >= 0.3 is 5.97 Å². The Morgan fingerprint density at radius 3 is 1.41 bits per heavy atom. The normalized spacial score (nSPS) is 13.3. The van der Waals surface area contributed by atoms with Crippen molar-refractivity contribution in [3.63, 3.8) is 0 Å². The third kappa shape index (κ3) is 7.89. The number of ether oxygens (including phenoxy) is 2. The molecule has 1 amide bonds. The fourth-order valence-corrected chi connectivity index (χ4v) is 10.2. The van der Waals surface area contributed by atoms with Crippen molar-refractivity contribution in [2.75, 3.05) is 4.90 Å². The molecule has 0 aromatic heterocycles. The maximum Gasteiger partial charge on any atom is 0.338 e. The number of nitrogens with zero attached hydrogens (tertiary/aromatic N) is 1. The smallest absolute Gasteiger partial charge is 0.338 e. The van der Waals surface area contributed by atoms with Crippen LogP contribution in [0.15, 0.2) is 131 Å². The minimum Gasteiger partial charge on any atom is -0.605 e. The molecule has 0 spiro atoms. The zero-order valence-electron chi connectivity index (χ0n) is 27.4. The first-order chi connectivity index (χ1) is 21.6. The van der Waals surface area contributed by atoms with E-state index in [1.807, 2.05) is 91.0 Å². The SMILES string of the molecule is CC(=O)N(c1ccc(Br)cc1)C(C(=O)OC(C)(C)C)/C(=C(/[O-])OC(C)(C)C)[P+](c1ccccc1)(c1ccccc1)c1ccccc1. The summed E-state index contributed by atoms with van der Waals surface area (Å²) < 4.78 is 13.1. The minimum atomic E-state index is -3.27. The summed E-state index contributed by atoms with van der Waals surface area (Å²) in [5.41, 5.74) is -1.41. The first kappa shape index (κ1) is 34.9. The molecule has 0 bridgehead atoms. The van der Waals surface area contributed by atoms with Gasteiger partial charge in [-0.25, -0.2) is 4.79 Å². The van der Waals surface area contributed by atoms with Crippen LogP contribution < -0.4 is 25.9 Å². The number of rotatable bonds is 9. The Balaban J connectivity index is 2.28. The first-order valence-corrected chi connectivity index (χ1v) is 17.7. The van der Waals surface area contributed by atoms with Crippen LogP contribution in [-0.4, -0.2) is 29.1 Å². The van der Waals surface area contributed by atoms with Crippen LogP contribution in [0, 0.1) is 0 Å². The van der Waals surface area contributed by atoms with Crippen molar-refractivity contribution in [3.05, 3.63) is 131 Å². The van der Waals surface area contributed by atoms with Gasteiger partial charge in [0, 0.05) is 22.7 Å². The minimum absolute atomic E-state index is 0.137. The van der Waals surface area contributed by atoms with Gasteiger partial charge in [-0.1, -0.05) is 91.3 Å². The molecule has 0 N–H and O–H groups in total. The van der Waals surface area contributed by atoms with Crippen LogP contribution in [0.5, 0.6) is 0 Å². The maximum atomic E-state index is 15.1.